The average Bonchev–Trinajstić information content (AvgIpc) is 2.41. The van der Waals surface area contributed by atoms with Gasteiger partial charge in [0.15, 0.2) is 0 Å². The standard InChI is InChI=1S/C14H14BrFN2O2S/c1-9-5-13(6-10(8-17)14(9)16)21(19,20)18-12-4-2-3-11(15)7-12/h2-7,18H,8,17H2,1H3. The number of benzene rings is 2. The Hall–Kier alpha value is -1.44. The van der Waals surface area contributed by atoms with Crippen molar-refractivity contribution in [2.45, 2.75) is 18.4 Å². The minimum atomic E-state index is -3.80. The summed E-state index contributed by atoms with van der Waals surface area (Å²) in [6.07, 6.45) is 0. The molecule has 7 heteroatoms. The van der Waals surface area contributed by atoms with Crippen molar-refractivity contribution in [3.8, 4) is 0 Å². The molecule has 3 N–H and O–H groups in total. The fraction of sp³-hybridized carbons (Fsp3) is 0.143. The number of hydrogen-bond donors (Lipinski definition) is 2. The zero-order valence-corrected chi connectivity index (χ0v) is 13.6. The van der Waals surface area contributed by atoms with Crippen LogP contribution in [0.15, 0.2) is 45.8 Å². The van der Waals surface area contributed by atoms with Gasteiger partial charge in [-0.1, -0.05) is 22.0 Å². The Morgan fingerprint density at radius 2 is 2.00 bits per heavy atom. The van der Waals surface area contributed by atoms with Crippen LogP contribution in [-0.2, 0) is 16.6 Å². The van der Waals surface area contributed by atoms with Gasteiger partial charge in [-0.15, -0.1) is 0 Å². The highest BCUT2D eigenvalue weighted by Crippen LogP contribution is 2.23. The molecule has 2 rings (SSSR count). The second kappa shape index (κ2) is 6.13. The van der Waals surface area contributed by atoms with Crippen molar-refractivity contribution in [2.24, 2.45) is 5.73 Å². The Morgan fingerprint density at radius 1 is 1.29 bits per heavy atom. The first-order chi connectivity index (χ1) is 9.83. The second-order valence-corrected chi connectivity index (χ2v) is 7.13. The third kappa shape index (κ3) is 3.61. The molecule has 0 aliphatic carbocycles. The fourth-order valence-corrected chi connectivity index (χ4v) is 3.46. The summed E-state index contributed by atoms with van der Waals surface area (Å²) in [4.78, 5) is -0.0122. The lowest BCUT2D eigenvalue weighted by Gasteiger charge is -2.11. The van der Waals surface area contributed by atoms with Crippen LogP contribution in [0, 0.1) is 12.7 Å². The van der Waals surface area contributed by atoms with E-state index in [2.05, 4.69) is 20.7 Å². The molecule has 2 aromatic rings. The second-order valence-electron chi connectivity index (χ2n) is 4.53. The average molecular weight is 373 g/mol. The monoisotopic (exact) mass is 372 g/mol. The summed E-state index contributed by atoms with van der Waals surface area (Å²) in [6.45, 7) is 1.44. The lowest BCUT2D eigenvalue weighted by molar-refractivity contribution is 0.592. The van der Waals surface area contributed by atoms with E-state index in [1.807, 2.05) is 0 Å². The highest BCUT2D eigenvalue weighted by molar-refractivity contribution is 9.10. The van der Waals surface area contributed by atoms with Gasteiger partial charge in [0, 0.05) is 22.3 Å². The lowest BCUT2D eigenvalue weighted by Crippen LogP contribution is -2.14. The minimum Gasteiger partial charge on any atom is -0.326 e. The van der Waals surface area contributed by atoms with Gasteiger partial charge in [-0.2, -0.15) is 0 Å². The van der Waals surface area contributed by atoms with Gasteiger partial charge in [0.25, 0.3) is 10.0 Å². The molecule has 0 spiro atoms. The molecule has 0 aliphatic rings. The van der Waals surface area contributed by atoms with Crippen molar-refractivity contribution in [1.82, 2.24) is 0 Å². The van der Waals surface area contributed by atoms with Gasteiger partial charge in [-0.25, -0.2) is 12.8 Å². The van der Waals surface area contributed by atoms with Gasteiger partial charge < -0.3 is 5.73 Å². The van der Waals surface area contributed by atoms with Gasteiger partial charge in [0.1, 0.15) is 5.82 Å². The molecule has 0 atom stereocenters. The molecule has 0 saturated carbocycles. The van der Waals surface area contributed by atoms with E-state index in [4.69, 9.17) is 5.73 Å². The Bertz CT molecular complexity index is 779. The van der Waals surface area contributed by atoms with Crippen molar-refractivity contribution in [1.29, 1.82) is 0 Å². The number of hydrogen-bond acceptors (Lipinski definition) is 3. The first-order valence-electron chi connectivity index (χ1n) is 6.11. The topological polar surface area (TPSA) is 72.2 Å². The number of halogens is 2. The summed E-state index contributed by atoms with van der Waals surface area (Å²) >= 11 is 3.27. The Kier molecular flexibility index (Phi) is 4.65. The first-order valence-corrected chi connectivity index (χ1v) is 8.38. The molecule has 0 fully saturated rings. The van der Waals surface area contributed by atoms with E-state index in [0.29, 0.717) is 5.69 Å². The molecule has 0 aliphatic heterocycles. The Morgan fingerprint density at radius 3 is 2.62 bits per heavy atom. The third-order valence-electron chi connectivity index (χ3n) is 2.91. The van der Waals surface area contributed by atoms with Crippen molar-refractivity contribution < 1.29 is 12.8 Å². The minimum absolute atomic E-state index is 0.0122. The molecule has 0 saturated heterocycles. The highest BCUT2D eigenvalue weighted by Gasteiger charge is 2.18. The van der Waals surface area contributed by atoms with E-state index < -0.39 is 15.8 Å². The van der Waals surface area contributed by atoms with E-state index in [0.717, 1.165) is 4.47 Å². The van der Waals surface area contributed by atoms with E-state index in [1.54, 1.807) is 24.3 Å². The van der Waals surface area contributed by atoms with Crippen molar-refractivity contribution in [3.63, 3.8) is 0 Å². The normalized spacial score (nSPS) is 11.4. The molecule has 112 valence electrons. The fourth-order valence-electron chi connectivity index (χ4n) is 1.88. The van der Waals surface area contributed by atoms with Crippen LogP contribution in [0.4, 0.5) is 10.1 Å². The molecule has 0 aromatic heterocycles. The summed E-state index contributed by atoms with van der Waals surface area (Å²) < 4.78 is 41.7. The summed E-state index contributed by atoms with van der Waals surface area (Å²) in [7, 11) is -3.80. The largest absolute Gasteiger partial charge is 0.326 e. The van der Waals surface area contributed by atoms with Gasteiger partial charge in [-0.3, -0.25) is 4.72 Å². The predicted octanol–water partition coefficient (Wildman–Crippen LogP) is 3.16. The number of aryl methyl sites for hydroxylation is 1. The van der Waals surface area contributed by atoms with Crippen LogP contribution in [0.25, 0.3) is 0 Å². The summed E-state index contributed by atoms with van der Waals surface area (Å²) in [5, 5.41) is 0. The molecule has 0 bridgehead atoms. The first kappa shape index (κ1) is 15.9. The zero-order chi connectivity index (χ0) is 15.6. The van der Waals surface area contributed by atoms with Gasteiger partial charge in [0.2, 0.25) is 0 Å². The quantitative estimate of drug-likeness (QED) is 0.865. The van der Waals surface area contributed by atoms with Crippen molar-refractivity contribution in [3.05, 3.63) is 57.8 Å². The Labute approximate surface area is 131 Å². The number of rotatable bonds is 4. The lowest BCUT2D eigenvalue weighted by atomic mass is 10.1. The third-order valence-corrected chi connectivity index (χ3v) is 4.76. The molecule has 0 radical (unpaired) electrons. The predicted molar refractivity (Wildman–Crippen MR) is 84.0 cm³/mol. The summed E-state index contributed by atoms with van der Waals surface area (Å²) in [6, 6.07) is 9.30. The molecule has 21 heavy (non-hydrogen) atoms. The van der Waals surface area contributed by atoms with Gasteiger partial charge in [0.05, 0.1) is 4.90 Å². The Balaban J connectivity index is 2.42. The van der Waals surface area contributed by atoms with E-state index in [1.165, 1.54) is 19.1 Å². The van der Waals surface area contributed by atoms with Crippen LogP contribution in [0.2, 0.25) is 0 Å². The SMILES string of the molecule is Cc1cc(S(=O)(=O)Nc2cccc(Br)c2)cc(CN)c1F. The van der Waals surface area contributed by atoms with Crippen molar-refractivity contribution >= 4 is 31.6 Å². The smallest absolute Gasteiger partial charge is 0.261 e. The molecule has 0 unspecified atom stereocenters. The number of nitrogens with one attached hydrogen (secondary N) is 1. The molecule has 4 nitrogen and oxygen atoms in total. The van der Waals surface area contributed by atoms with Crippen LogP contribution in [-0.4, -0.2) is 8.42 Å². The molecular formula is C14H14BrFN2O2S. The van der Waals surface area contributed by atoms with Crippen LogP contribution >= 0.6 is 15.9 Å². The van der Waals surface area contributed by atoms with Crippen LogP contribution < -0.4 is 10.5 Å². The van der Waals surface area contributed by atoms with Crippen LogP contribution in [0.5, 0.6) is 0 Å². The van der Waals surface area contributed by atoms with E-state index >= 15 is 0 Å². The van der Waals surface area contributed by atoms with E-state index in [-0.39, 0.29) is 22.6 Å². The van der Waals surface area contributed by atoms with Gasteiger partial charge in [-0.05, 0) is 42.8 Å². The molecule has 0 heterocycles. The van der Waals surface area contributed by atoms with E-state index in [9.17, 15) is 12.8 Å². The maximum absolute atomic E-state index is 13.7. The number of sulfonamides is 1. The van der Waals surface area contributed by atoms with Crippen molar-refractivity contribution in [2.75, 3.05) is 4.72 Å². The zero-order valence-electron chi connectivity index (χ0n) is 11.2. The summed E-state index contributed by atoms with van der Waals surface area (Å²) in [5.41, 5.74) is 6.27. The van der Waals surface area contributed by atoms with Gasteiger partial charge >= 0.3 is 0 Å². The molecular weight excluding hydrogens is 359 g/mol. The maximum atomic E-state index is 13.7. The number of nitrogens with two attached hydrogens (primary N) is 1. The van der Waals surface area contributed by atoms with Crippen LogP contribution in [0.1, 0.15) is 11.1 Å². The van der Waals surface area contributed by atoms with Crippen LogP contribution in [0.3, 0.4) is 0 Å². The number of anilines is 1. The maximum Gasteiger partial charge on any atom is 0.261 e. The highest BCUT2D eigenvalue weighted by atomic mass is 79.9. The molecule has 2 aromatic carbocycles. The molecule has 0 amide bonds. The summed E-state index contributed by atoms with van der Waals surface area (Å²) in [5.74, 6) is -0.473.